The molecule has 0 saturated heterocycles. The van der Waals surface area contributed by atoms with Crippen LogP contribution in [0.4, 0.5) is 14.5 Å². The third kappa shape index (κ3) is 5.04. The number of nitrogens with zero attached hydrogens (tertiary/aromatic N) is 2. The lowest BCUT2D eigenvalue weighted by Gasteiger charge is -2.14. The Kier molecular flexibility index (Phi) is 7.06. The first-order valence-electron chi connectivity index (χ1n) is 8.28. The Labute approximate surface area is 164 Å². The molecular weight excluding hydrogens is 388 g/mol. The predicted molar refractivity (Wildman–Crippen MR) is 100.0 cm³/mol. The van der Waals surface area contributed by atoms with Crippen LogP contribution in [-0.2, 0) is 9.53 Å². The number of ether oxygens (including phenoxy) is 1. The van der Waals surface area contributed by atoms with E-state index in [4.69, 9.17) is 4.74 Å². The maximum atomic E-state index is 13.7. The zero-order valence-electron chi connectivity index (χ0n) is 15.4. The van der Waals surface area contributed by atoms with Crippen LogP contribution in [0.15, 0.2) is 29.3 Å². The van der Waals surface area contributed by atoms with Gasteiger partial charge in [0.25, 0.3) is 0 Å². The Morgan fingerprint density at radius 2 is 2.07 bits per heavy atom. The van der Waals surface area contributed by atoms with Crippen molar-refractivity contribution in [1.82, 2.24) is 4.98 Å². The molecule has 146 valence electrons. The molecule has 1 atom stereocenters. The minimum Gasteiger partial charge on any atom is -0.462 e. The number of aryl methyl sites for hydroxylation is 1. The SMILES string of the molecule is CCOC(=O)c1cc(C#N)c(S[C@@H](C)C(=O)Nc2ccc(F)cc2F)nc1C. The summed E-state index contributed by atoms with van der Waals surface area (Å²) in [5, 5.41) is 11.2. The molecule has 0 fully saturated rings. The Bertz CT molecular complexity index is 960. The molecule has 0 aliphatic heterocycles. The van der Waals surface area contributed by atoms with E-state index in [-0.39, 0.29) is 28.4 Å². The number of amides is 1. The van der Waals surface area contributed by atoms with Crippen molar-refractivity contribution in [1.29, 1.82) is 5.26 Å². The summed E-state index contributed by atoms with van der Waals surface area (Å²) in [6.07, 6.45) is 0. The van der Waals surface area contributed by atoms with Crippen LogP contribution >= 0.6 is 11.8 Å². The molecular formula is C19H17F2N3O3S. The standard InChI is InChI=1S/C19H17F2N3O3S/c1-4-27-19(26)14-7-12(9-22)18(23-10(14)2)28-11(3)17(25)24-16-6-5-13(20)8-15(16)21/h5-8,11H,4H2,1-3H3,(H,24,25)/t11-/m0/s1. The van der Waals surface area contributed by atoms with Crippen molar-refractivity contribution in [3.05, 3.63) is 52.7 Å². The lowest BCUT2D eigenvalue weighted by atomic mass is 10.1. The van der Waals surface area contributed by atoms with Gasteiger partial charge < -0.3 is 10.1 Å². The van der Waals surface area contributed by atoms with Gasteiger partial charge in [-0.15, -0.1) is 0 Å². The summed E-state index contributed by atoms with van der Waals surface area (Å²) < 4.78 is 31.6. The van der Waals surface area contributed by atoms with Crippen LogP contribution in [0.1, 0.15) is 35.5 Å². The molecule has 0 saturated carbocycles. The Hall–Kier alpha value is -2.99. The maximum Gasteiger partial charge on any atom is 0.340 e. The zero-order valence-corrected chi connectivity index (χ0v) is 16.2. The van der Waals surface area contributed by atoms with Gasteiger partial charge in [-0.25, -0.2) is 18.6 Å². The minimum absolute atomic E-state index is 0.117. The van der Waals surface area contributed by atoms with Crippen LogP contribution in [0.5, 0.6) is 0 Å². The van der Waals surface area contributed by atoms with Crippen LogP contribution in [0.2, 0.25) is 0 Å². The van der Waals surface area contributed by atoms with Gasteiger partial charge in [-0.1, -0.05) is 11.8 Å². The average Bonchev–Trinajstić information content (AvgIpc) is 2.64. The predicted octanol–water partition coefficient (Wildman–Crippen LogP) is 3.84. The van der Waals surface area contributed by atoms with E-state index in [9.17, 15) is 23.6 Å². The number of carbonyl (C=O) groups is 2. The Morgan fingerprint density at radius 3 is 2.68 bits per heavy atom. The van der Waals surface area contributed by atoms with E-state index in [1.807, 2.05) is 6.07 Å². The summed E-state index contributed by atoms with van der Waals surface area (Å²) in [5.41, 5.74) is 0.498. The van der Waals surface area contributed by atoms with E-state index in [0.717, 1.165) is 23.9 Å². The van der Waals surface area contributed by atoms with E-state index >= 15 is 0 Å². The molecule has 0 bridgehead atoms. The van der Waals surface area contributed by atoms with Gasteiger partial charge in [0.15, 0.2) is 0 Å². The number of rotatable bonds is 6. The molecule has 1 heterocycles. The summed E-state index contributed by atoms with van der Waals surface area (Å²) in [6, 6.07) is 6.13. The number of esters is 1. The molecule has 0 radical (unpaired) electrons. The van der Waals surface area contributed by atoms with E-state index in [0.29, 0.717) is 11.8 Å². The first-order valence-corrected chi connectivity index (χ1v) is 9.16. The zero-order chi connectivity index (χ0) is 20.8. The monoisotopic (exact) mass is 405 g/mol. The normalized spacial score (nSPS) is 11.4. The van der Waals surface area contributed by atoms with Crippen molar-refractivity contribution in [3.8, 4) is 6.07 Å². The van der Waals surface area contributed by atoms with E-state index in [1.165, 1.54) is 6.07 Å². The highest BCUT2D eigenvalue weighted by Crippen LogP contribution is 2.28. The highest BCUT2D eigenvalue weighted by molar-refractivity contribution is 8.00. The van der Waals surface area contributed by atoms with Gasteiger partial charge in [-0.3, -0.25) is 4.79 Å². The number of nitriles is 1. The summed E-state index contributed by atoms with van der Waals surface area (Å²) in [5.74, 6) is -2.78. The number of thioether (sulfide) groups is 1. The van der Waals surface area contributed by atoms with Crippen LogP contribution in [0, 0.1) is 29.9 Å². The highest BCUT2D eigenvalue weighted by atomic mass is 32.2. The largest absolute Gasteiger partial charge is 0.462 e. The molecule has 0 spiro atoms. The second-order valence-corrected chi connectivity index (χ2v) is 7.01. The highest BCUT2D eigenvalue weighted by Gasteiger charge is 2.21. The number of nitrogens with one attached hydrogen (secondary N) is 1. The molecule has 1 amide bonds. The lowest BCUT2D eigenvalue weighted by Crippen LogP contribution is -2.23. The summed E-state index contributed by atoms with van der Waals surface area (Å²) in [7, 11) is 0. The number of aromatic nitrogens is 1. The lowest BCUT2D eigenvalue weighted by molar-refractivity contribution is -0.115. The van der Waals surface area contributed by atoms with Gasteiger partial charge in [0.1, 0.15) is 22.7 Å². The third-order valence-electron chi connectivity index (χ3n) is 3.64. The molecule has 9 heteroatoms. The van der Waals surface area contributed by atoms with E-state index in [1.54, 1.807) is 20.8 Å². The first-order chi connectivity index (χ1) is 13.3. The Balaban J connectivity index is 2.19. The molecule has 6 nitrogen and oxygen atoms in total. The summed E-state index contributed by atoms with van der Waals surface area (Å²) in [4.78, 5) is 28.5. The average molecular weight is 405 g/mol. The molecule has 0 unspecified atom stereocenters. The van der Waals surface area contributed by atoms with Crippen molar-refractivity contribution in [3.63, 3.8) is 0 Å². The Morgan fingerprint density at radius 1 is 1.36 bits per heavy atom. The number of carbonyl (C=O) groups excluding carboxylic acids is 2. The molecule has 2 rings (SSSR count). The van der Waals surface area contributed by atoms with Crippen molar-refractivity contribution in [2.45, 2.75) is 31.0 Å². The number of pyridine rings is 1. The second-order valence-electron chi connectivity index (χ2n) is 5.68. The number of halogens is 2. The molecule has 0 aliphatic rings. The molecule has 1 N–H and O–H groups in total. The number of anilines is 1. The maximum absolute atomic E-state index is 13.7. The molecule has 1 aromatic carbocycles. The number of hydrogen-bond donors (Lipinski definition) is 1. The smallest absolute Gasteiger partial charge is 0.340 e. The molecule has 0 aliphatic carbocycles. The van der Waals surface area contributed by atoms with Gasteiger partial charge in [-0.2, -0.15) is 5.26 Å². The number of hydrogen-bond acceptors (Lipinski definition) is 6. The molecule has 2 aromatic rings. The second kappa shape index (κ2) is 9.28. The quantitative estimate of drug-likeness (QED) is 0.580. The van der Waals surface area contributed by atoms with Crippen LogP contribution < -0.4 is 5.32 Å². The van der Waals surface area contributed by atoms with E-state index < -0.39 is 28.8 Å². The van der Waals surface area contributed by atoms with Gasteiger partial charge in [0.2, 0.25) is 5.91 Å². The fraction of sp³-hybridized carbons (Fsp3) is 0.263. The molecule has 28 heavy (non-hydrogen) atoms. The van der Waals surface area contributed by atoms with Crippen molar-refractivity contribution in [2.75, 3.05) is 11.9 Å². The van der Waals surface area contributed by atoms with Crippen LogP contribution in [0.3, 0.4) is 0 Å². The van der Waals surface area contributed by atoms with Gasteiger partial charge in [-0.05, 0) is 39.0 Å². The van der Waals surface area contributed by atoms with Crippen molar-refractivity contribution < 1.29 is 23.1 Å². The van der Waals surface area contributed by atoms with Crippen molar-refractivity contribution in [2.24, 2.45) is 0 Å². The van der Waals surface area contributed by atoms with Crippen molar-refractivity contribution >= 4 is 29.3 Å². The number of benzene rings is 1. The summed E-state index contributed by atoms with van der Waals surface area (Å²) >= 11 is 0.985. The van der Waals surface area contributed by atoms with Gasteiger partial charge >= 0.3 is 5.97 Å². The van der Waals surface area contributed by atoms with E-state index in [2.05, 4.69) is 10.3 Å². The first kappa shape index (κ1) is 21.3. The topological polar surface area (TPSA) is 92.1 Å². The van der Waals surface area contributed by atoms with Crippen LogP contribution in [-0.4, -0.2) is 28.7 Å². The molecule has 1 aromatic heterocycles. The van der Waals surface area contributed by atoms with Gasteiger partial charge in [0.05, 0.1) is 34.4 Å². The fourth-order valence-corrected chi connectivity index (χ4v) is 3.14. The van der Waals surface area contributed by atoms with Crippen LogP contribution in [0.25, 0.3) is 0 Å². The summed E-state index contributed by atoms with van der Waals surface area (Å²) in [6.45, 7) is 5.00. The minimum atomic E-state index is -0.893. The third-order valence-corrected chi connectivity index (χ3v) is 4.74. The van der Waals surface area contributed by atoms with Gasteiger partial charge in [0, 0.05) is 6.07 Å². The fourth-order valence-electron chi connectivity index (χ4n) is 2.21.